The van der Waals surface area contributed by atoms with Gasteiger partial charge in [0, 0.05) is 60.8 Å². The van der Waals surface area contributed by atoms with E-state index in [0.717, 1.165) is 23.4 Å². The quantitative estimate of drug-likeness (QED) is 0.0633. The number of ether oxygens (including phenoxy) is 2. The van der Waals surface area contributed by atoms with E-state index in [1.165, 1.54) is 17.3 Å². The number of nitro benzene ring substituents is 1. The van der Waals surface area contributed by atoms with Crippen LogP contribution in [0.3, 0.4) is 0 Å². The zero-order valence-electron chi connectivity index (χ0n) is 31.2. The van der Waals surface area contributed by atoms with Crippen molar-refractivity contribution >= 4 is 48.3 Å². The van der Waals surface area contributed by atoms with Gasteiger partial charge >= 0.3 is 0 Å². The highest BCUT2D eigenvalue weighted by atomic mass is 28.3. The zero-order valence-corrected chi connectivity index (χ0v) is 32.2. The third-order valence-electron chi connectivity index (χ3n) is 11.3. The van der Waals surface area contributed by atoms with Gasteiger partial charge in [-0.15, -0.1) is 5.10 Å². The van der Waals surface area contributed by atoms with Crippen LogP contribution in [0.4, 0.5) is 22.7 Å². The number of methoxy groups -OCH3 is 1. The van der Waals surface area contributed by atoms with E-state index >= 15 is 4.79 Å². The Hall–Kier alpha value is -5.70. The van der Waals surface area contributed by atoms with Gasteiger partial charge in [-0.3, -0.25) is 29.3 Å². The fraction of sp³-hybridized carbons (Fsp3) is 0.317. The summed E-state index contributed by atoms with van der Waals surface area (Å²) in [6.07, 6.45) is 3.07. The van der Waals surface area contributed by atoms with Crippen LogP contribution in [0.2, 0.25) is 18.6 Å². The van der Waals surface area contributed by atoms with Gasteiger partial charge in [-0.05, 0) is 60.0 Å². The summed E-state index contributed by atoms with van der Waals surface area (Å²) < 4.78 is 14.4. The van der Waals surface area contributed by atoms with Gasteiger partial charge in [-0.2, -0.15) is 0 Å². The Balaban J connectivity index is 1.27. The van der Waals surface area contributed by atoms with E-state index in [9.17, 15) is 20.0 Å². The first kappa shape index (κ1) is 37.6. The van der Waals surface area contributed by atoms with E-state index in [2.05, 4.69) is 35.5 Å². The number of nitrogens with zero attached hydrogens (tertiary/aromatic N) is 6. The minimum absolute atomic E-state index is 0.0344. The van der Waals surface area contributed by atoms with Crippen molar-refractivity contribution in [3.05, 3.63) is 130 Å². The fourth-order valence-electron chi connectivity index (χ4n) is 8.58. The lowest BCUT2D eigenvalue weighted by Crippen LogP contribution is -2.51. The molecule has 13 nitrogen and oxygen atoms in total. The number of rotatable bonds is 14. The van der Waals surface area contributed by atoms with Gasteiger partial charge in [0.2, 0.25) is 6.41 Å². The van der Waals surface area contributed by atoms with E-state index in [1.54, 1.807) is 27.7 Å². The molecule has 0 bridgehead atoms. The molecule has 2 aliphatic rings. The number of amides is 2. The van der Waals surface area contributed by atoms with Crippen LogP contribution in [0, 0.1) is 16.0 Å². The second-order valence-electron chi connectivity index (χ2n) is 14.7. The maximum Gasteiger partial charge on any atom is 0.269 e. The summed E-state index contributed by atoms with van der Waals surface area (Å²) in [7, 11) is -0.843. The van der Waals surface area contributed by atoms with Crippen LogP contribution in [0.15, 0.2) is 103 Å². The van der Waals surface area contributed by atoms with E-state index in [0.29, 0.717) is 42.0 Å². The Bertz CT molecular complexity index is 2180. The van der Waals surface area contributed by atoms with Crippen LogP contribution in [0.5, 0.6) is 5.75 Å². The molecule has 0 aliphatic carbocycles. The van der Waals surface area contributed by atoms with Crippen LogP contribution in [0.25, 0.3) is 0 Å². The molecule has 1 saturated heterocycles. The summed E-state index contributed by atoms with van der Waals surface area (Å²) in [4.78, 5) is 42.3. The maximum absolute atomic E-state index is 15.2. The summed E-state index contributed by atoms with van der Waals surface area (Å²) >= 11 is 0. The Morgan fingerprint density at radius 3 is 2.40 bits per heavy atom. The van der Waals surface area contributed by atoms with Gasteiger partial charge in [0.25, 0.3) is 11.6 Å². The molecule has 2 amide bonds. The molecule has 4 atom stereocenters. The number of para-hydroxylation sites is 1. The molecule has 1 N–H and O–H groups in total. The number of fused-ring (bicyclic) bond motifs is 2. The third kappa shape index (κ3) is 6.81. The molecule has 5 aromatic rings. The predicted octanol–water partition coefficient (Wildman–Crippen LogP) is 5.88. The SMILES string of the molecule is COc1ccc([Si](C)(C)[C@@H]2[C@@H](CCn3cc(CCO)nn3)O[C@]3(C(=O)N(Cc4ccc(N(C=O)c5ccccc5)cc4)c4ccc([N+](=O)[O-])cc43)[C@H]2C)cc1. The highest BCUT2D eigenvalue weighted by molar-refractivity contribution is 6.91. The van der Waals surface area contributed by atoms with Crippen molar-refractivity contribution in [1.82, 2.24) is 15.0 Å². The number of aryl methyl sites for hydroxylation is 1. The fourth-order valence-corrected chi connectivity index (χ4v) is 12.6. The Kier molecular flexibility index (Phi) is 10.4. The van der Waals surface area contributed by atoms with Crippen LogP contribution in [0.1, 0.15) is 30.2 Å². The Labute approximate surface area is 320 Å². The number of aliphatic hydroxyl groups excluding tert-OH is 1. The lowest BCUT2D eigenvalue weighted by molar-refractivity contribution is -0.385. The number of anilines is 3. The predicted molar refractivity (Wildman–Crippen MR) is 210 cm³/mol. The van der Waals surface area contributed by atoms with Crippen molar-refractivity contribution in [2.75, 3.05) is 23.5 Å². The van der Waals surface area contributed by atoms with Gasteiger partial charge in [0.05, 0.1) is 44.1 Å². The smallest absolute Gasteiger partial charge is 0.269 e. The first-order valence-corrected chi connectivity index (χ1v) is 21.4. The molecule has 55 heavy (non-hydrogen) atoms. The van der Waals surface area contributed by atoms with E-state index < -0.39 is 24.7 Å². The number of hydrogen-bond donors (Lipinski definition) is 1. The van der Waals surface area contributed by atoms with Crippen molar-refractivity contribution in [2.24, 2.45) is 5.92 Å². The Morgan fingerprint density at radius 1 is 1.04 bits per heavy atom. The molecule has 1 spiro atoms. The number of carbonyl (C=O) groups is 2. The van der Waals surface area contributed by atoms with E-state index in [1.807, 2.05) is 79.9 Å². The van der Waals surface area contributed by atoms with Gasteiger partial charge in [-0.1, -0.05) is 72.9 Å². The summed E-state index contributed by atoms with van der Waals surface area (Å²) in [5.74, 6) is 0.114. The third-order valence-corrected chi connectivity index (χ3v) is 15.7. The summed E-state index contributed by atoms with van der Waals surface area (Å²) in [6.45, 7) is 7.23. The second kappa shape index (κ2) is 15.2. The molecule has 1 aromatic heterocycles. The molecule has 0 radical (unpaired) electrons. The molecule has 284 valence electrons. The normalized spacial score (nSPS) is 20.5. The summed E-state index contributed by atoms with van der Waals surface area (Å²) in [5.41, 5.74) is 2.25. The zero-order chi connectivity index (χ0) is 38.9. The first-order chi connectivity index (χ1) is 26.5. The van der Waals surface area contributed by atoms with Crippen molar-refractivity contribution in [3.63, 3.8) is 0 Å². The molecule has 2 aliphatic heterocycles. The van der Waals surface area contributed by atoms with Crippen molar-refractivity contribution in [2.45, 2.75) is 63.2 Å². The number of carbonyl (C=O) groups excluding carboxylic acids is 2. The molecule has 3 heterocycles. The molecular formula is C41H44N6O7Si. The van der Waals surface area contributed by atoms with Crippen molar-refractivity contribution in [1.29, 1.82) is 0 Å². The lowest BCUT2D eigenvalue weighted by atomic mass is 9.82. The van der Waals surface area contributed by atoms with Gasteiger partial charge in [0.1, 0.15) is 5.75 Å². The largest absolute Gasteiger partial charge is 0.497 e. The highest BCUT2D eigenvalue weighted by Crippen LogP contribution is 2.60. The van der Waals surface area contributed by atoms with Crippen LogP contribution in [-0.2, 0) is 39.4 Å². The maximum atomic E-state index is 15.2. The van der Waals surface area contributed by atoms with Crippen LogP contribution < -0.4 is 19.7 Å². The summed E-state index contributed by atoms with van der Waals surface area (Å²) in [5, 5.41) is 31.2. The number of non-ortho nitro benzene ring substituents is 1. The average Bonchev–Trinajstić information content (AvgIpc) is 3.85. The monoisotopic (exact) mass is 760 g/mol. The molecule has 7 rings (SSSR count). The molecule has 1 fully saturated rings. The minimum atomic E-state index is -2.48. The number of nitro groups is 1. The number of benzene rings is 4. The molecular weight excluding hydrogens is 717 g/mol. The first-order valence-electron chi connectivity index (χ1n) is 18.3. The molecule has 14 heteroatoms. The Morgan fingerprint density at radius 2 is 1.75 bits per heavy atom. The average molecular weight is 761 g/mol. The van der Waals surface area contributed by atoms with Crippen LogP contribution >= 0.6 is 0 Å². The van der Waals surface area contributed by atoms with E-state index in [4.69, 9.17) is 9.47 Å². The molecule has 0 unspecified atom stereocenters. The highest BCUT2D eigenvalue weighted by Gasteiger charge is 2.66. The standard InChI is InChI=1S/C41H44N6O7Si/c1-28-39(55(3,4)35-17-15-34(53-2)16-18-35)38(20-22-44-26-30(21-23-48)42-43-44)54-41(28)36-24-33(47(51)52)14-19-37(36)45(40(41)50)25-29-10-12-32(13-11-29)46(27-49)31-8-6-5-7-9-31/h5-19,24,26-28,38-39,48H,20-23,25H2,1-4H3/t28-,38+,39-,41+/m0/s1. The summed E-state index contributed by atoms with van der Waals surface area (Å²) in [6, 6.07) is 29.4. The van der Waals surface area contributed by atoms with Gasteiger partial charge < -0.3 is 19.5 Å². The van der Waals surface area contributed by atoms with Crippen molar-refractivity contribution in [3.8, 4) is 5.75 Å². The topological polar surface area (TPSA) is 153 Å². The lowest BCUT2D eigenvalue weighted by Gasteiger charge is -2.37. The van der Waals surface area contributed by atoms with Gasteiger partial charge in [0.15, 0.2) is 5.60 Å². The molecule has 0 saturated carbocycles. The number of hydrogen-bond acceptors (Lipinski definition) is 9. The van der Waals surface area contributed by atoms with Gasteiger partial charge in [-0.25, -0.2) is 0 Å². The van der Waals surface area contributed by atoms with Crippen molar-refractivity contribution < 1.29 is 29.1 Å². The minimum Gasteiger partial charge on any atom is -0.497 e. The second-order valence-corrected chi connectivity index (χ2v) is 19.4. The number of aliphatic hydroxyl groups is 1. The van der Waals surface area contributed by atoms with E-state index in [-0.39, 0.29) is 36.2 Å². The van der Waals surface area contributed by atoms with Crippen LogP contribution in [-0.4, -0.2) is 65.2 Å². The number of aromatic nitrogens is 3. The molecule has 4 aromatic carbocycles.